The summed E-state index contributed by atoms with van der Waals surface area (Å²) in [4.78, 5) is 26.6. The minimum atomic E-state index is -0.519. The zero-order valence-corrected chi connectivity index (χ0v) is 14.9. The van der Waals surface area contributed by atoms with Gasteiger partial charge in [0.2, 0.25) is 0 Å². The summed E-state index contributed by atoms with van der Waals surface area (Å²) in [5, 5.41) is 3.69. The van der Waals surface area contributed by atoms with Crippen LogP contribution >= 0.6 is 11.6 Å². The fourth-order valence-electron chi connectivity index (χ4n) is 3.45. The van der Waals surface area contributed by atoms with Crippen LogP contribution in [0.3, 0.4) is 0 Å². The molecule has 0 aliphatic carbocycles. The molecule has 1 aromatic heterocycles. The van der Waals surface area contributed by atoms with Crippen LogP contribution in [0, 0.1) is 0 Å². The number of carbonyl (C=O) groups excluding carboxylic acids is 2. The molecule has 1 saturated heterocycles. The Bertz CT molecular complexity index is 813. The summed E-state index contributed by atoms with van der Waals surface area (Å²) in [5.41, 5.74) is 1.52. The number of benzene rings is 1. The van der Waals surface area contributed by atoms with Crippen LogP contribution in [-0.2, 0) is 11.2 Å². The van der Waals surface area contributed by atoms with Crippen LogP contribution in [0.5, 0.6) is 5.75 Å². The van der Waals surface area contributed by atoms with E-state index in [4.69, 9.17) is 20.8 Å². The van der Waals surface area contributed by atoms with Gasteiger partial charge in [-0.2, -0.15) is 0 Å². The monoisotopic (exact) mass is 374 g/mol. The number of hydrogen-bond acceptors (Lipinski definition) is 4. The smallest absolute Gasteiger partial charge is 0.261 e. The predicted molar refractivity (Wildman–Crippen MR) is 95.3 cm³/mol. The van der Waals surface area contributed by atoms with Gasteiger partial charge in [0.1, 0.15) is 12.0 Å². The highest BCUT2D eigenvalue weighted by molar-refractivity contribution is 6.30. The van der Waals surface area contributed by atoms with Crippen molar-refractivity contribution in [2.75, 3.05) is 13.1 Å². The molecule has 0 saturated carbocycles. The van der Waals surface area contributed by atoms with Gasteiger partial charge in [0.05, 0.1) is 11.8 Å². The molecule has 26 heavy (non-hydrogen) atoms. The van der Waals surface area contributed by atoms with Crippen LogP contribution < -0.4 is 10.1 Å². The lowest BCUT2D eigenvalue weighted by molar-refractivity contribution is -0.128. The van der Waals surface area contributed by atoms with Gasteiger partial charge in [-0.3, -0.25) is 9.59 Å². The Balaban J connectivity index is 1.28. The third-order valence-electron chi connectivity index (χ3n) is 4.89. The summed E-state index contributed by atoms with van der Waals surface area (Å²) < 4.78 is 10.7. The third kappa shape index (κ3) is 3.42. The van der Waals surface area contributed by atoms with E-state index in [1.54, 1.807) is 23.1 Å². The summed E-state index contributed by atoms with van der Waals surface area (Å²) in [6, 6.07) is 7.10. The Hall–Kier alpha value is -2.47. The molecule has 1 unspecified atom stereocenters. The average Bonchev–Trinajstić information content (AvgIpc) is 3.31. The number of nitrogens with one attached hydrogen (secondary N) is 1. The van der Waals surface area contributed by atoms with E-state index < -0.39 is 6.10 Å². The zero-order valence-electron chi connectivity index (χ0n) is 14.1. The van der Waals surface area contributed by atoms with E-state index >= 15 is 0 Å². The van der Waals surface area contributed by atoms with Crippen molar-refractivity contribution in [2.45, 2.75) is 31.4 Å². The Kier molecular flexibility index (Phi) is 4.59. The number of amides is 2. The first-order valence-corrected chi connectivity index (χ1v) is 9.05. The molecule has 0 bridgehead atoms. The first-order chi connectivity index (χ1) is 12.6. The van der Waals surface area contributed by atoms with E-state index in [1.807, 2.05) is 6.07 Å². The van der Waals surface area contributed by atoms with E-state index in [-0.39, 0.29) is 17.9 Å². The van der Waals surface area contributed by atoms with Gasteiger partial charge >= 0.3 is 0 Å². The molecule has 2 aromatic rings. The Morgan fingerprint density at radius 2 is 2.00 bits per heavy atom. The van der Waals surface area contributed by atoms with Gasteiger partial charge in [0, 0.05) is 30.6 Å². The van der Waals surface area contributed by atoms with Crippen LogP contribution in [-0.4, -0.2) is 41.9 Å². The molecule has 2 aliphatic rings. The normalized spacial score (nSPS) is 19.7. The highest BCUT2D eigenvalue weighted by Crippen LogP contribution is 2.31. The van der Waals surface area contributed by atoms with Gasteiger partial charge in [-0.15, -0.1) is 0 Å². The molecule has 136 valence electrons. The standard InChI is InChI=1S/C19H19ClN2O4/c20-14-1-2-16-13(9-14)10-17(26-16)18(23)21-15-3-6-22(7-4-15)19(24)12-5-8-25-11-12/h1-2,5,8-9,11,15,17H,3-4,6-7,10H2,(H,21,23). The maximum Gasteiger partial charge on any atom is 0.261 e. The van der Waals surface area contributed by atoms with Crippen LogP contribution in [0.1, 0.15) is 28.8 Å². The number of halogens is 1. The summed E-state index contributed by atoms with van der Waals surface area (Å²) in [7, 11) is 0. The molecular formula is C19H19ClN2O4. The minimum Gasteiger partial charge on any atom is -0.480 e. The quantitative estimate of drug-likeness (QED) is 0.896. The van der Waals surface area contributed by atoms with Crippen molar-refractivity contribution in [3.63, 3.8) is 0 Å². The molecule has 2 amide bonds. The number of furan rings is 1. The second kappa shape index (κ2) is 7.03. The fraction of sp³-hybridized carbons (Fsp3) is 0.368. The number of likely N-dealkylation sites (tertiary alicyclic amines) is 1. The van der Waals surface area contributed by atoms with Gasteiger partial charge in [0.15, 0.2) is 6.10 Å². The minimum absolute atomic E-state index is 0.0324. The lowest BCUT2D eigenvalue weighted by Crippen LogP contribution is -2.49. The van der Waals surface area contributed by atoms with Gasteiger partial charge < -0.3 is 19.4 Å². The number of piperidine rings is 1. The average molecular weight is 375 g/mol. The summed E-state index contributed by atoms with van der Waals surface area (Å²) in [6.45, 7) is 1.21. The first-order valence-electron chi connectivity index (χ1n) is 8.67. The van der Waals surface area contributed by atoms with Gasteiger partial charge in [-0.25, -0.2) is 0 Å². The molecule has 1 fully saturated rings. The van der Waals surface area contributed by atoms with Crippen molar-refractivity contribution in [1.29, 1.82) is 0 Å². The van der Waals surface area contributed by atoms with E-state index in [2.05, 4.69) is 5.32 Å². The number of ether oxygens (including phenoxy) is 1. The molecule has 4 rings (SSSR count). The summed E-state index contributed by atoms with van der Waals surface area (Å²) in [5.74, 6) is 0.571. The zero-order chi connectivity index (χ0) is 18.1. The fourth-order valence-corrected chi connectivity index (χ4v) is 3.65. The number of fused-ring (bicyclic) bond motifs is 1. The molecule has 3 heterocycles. The molecule has 1 aromatic carbocycles. The number of rotatable bonds is 3. The lowest BCUT2D eigenvalue weighted by atomic mass is 10.0. The van der Waals surface area contributed by atoms with Gasteiger partial charge in [0.25, 0.3) is 11.8 Å². The summed E-state index contributed by atoms with van der Waals surface area (Å²) in [6.07, 6.45) is 4.40. The lowest BCUT2D eigenvalue weighted by Gasteiger charge is -2.32. The van der Waals surface area contributed by atoms with Crippen molar-refractivity contribution in [3.8, 4) is 5.75 Å². The second-order valence-electron chi connectivity index (χ2n) is 6.65. The molecule has 1 N–H and O–H groups in total. The summed E-state index contributed by atoms with van der Waals surface area (Å²) >= 11 is 5.99. The van der Waals surface area contributed by atoms with E-state index in [0.717, 1.165) is 24.2 Å². The van der Waals surface area contributed by atoms with E-state index in [9.17, 15) is 9.59 Å². The van der Waals surface area contributed by atoms with Crippen LogP contribution in [0.2, 0.25) is 5.02 Å². The molecule has 1 atom stereocenters. The first kappa shape index (κ1) is 17.0. The molecular weight excluding hydrogens is 356 g/mol. The molecule has 7 heteroatoms. The topological polar surface area (TPSA) is 71.8 Å². The second-order valence-corrected chi connectivity index (χ2v) is 7.09. The number of nitrogens with zero attached hydrogens (tertiary/aromatic N) is 1. The Labute approximate surface area is 156 Å². The highest BCUT2D eigenvalue weighted by atomic mass is 35.5. The molecule has 2 aliphatic heterocycles. The molecule has 0 spiro atoms. The maximum absolute atomic E-state index is 12.5. The largest absolute Gasteiger partial charge is 0.480 e. The van der Waals surface area contributed by atoms with Crippen LogP contribution in [0.4, 0.5) is 0 Å². The number of carbonyl (C=O) groups is 2. The highest BCUT2D eigenvalue weighted by Gasteiger charge is 2.32. The van der Waals surface area contributed by atoms with Crippen molar-refractivity contribution in [2.24, 2.45) is 0 Å². The van der Waals surface area contributed by atoms with Crippen molar-refractivity contribution >= 4 is 23.4 Å². The maximum atomic E-state index is 12.5. The van der Waals surface area contributed by atoms with E-state index in [0.29, 0.717) is 30.1 Å². The molecule has 6 nitrogen and oxygen atoms in total. The predicted octanol–water partition coefficient (Wildman–Crippen LogP) is 2.66. The van der Waals surface area contributed by atoms with Crippen LogP contribution in [0.15, 0.2) is 41.2 Å². The SMILES string of the molecule is O=C(NC1CCN(C(=O)c2ccoc2)CC1)C1Cc2cc(Cl)ccc2O1. The number of hydrogen-bond donors (Lipinski definition) is 1. The Morgan fingerprint density at radius 3 is 2.73 bits per heavy atom. The molecule has 0 radical (unpaired) electrons. The third-order valence-corrected chi connectivity index (χ3v) is 5.12. The Morgan fingerprint density at radius 1 is 1.19 bits per heavy atom. The van der Waals surface area contributed by atoms with Crippen LogP contribution in [0.25, 0.3) is 0 Å². The van der Waals surface area contributed by atoms with Crippen molar-refractivity contribution in [1.82, 2.24) is 10.2 Å². The van der Waals surface area contributed by atoms with Gasteiger partial charge in [-0.1, -0.05) is 11.6 Å². The van der Waals surface area contributed by atoms with Crippen molar-refractivity contribution in [3.05, 3.63) is 52.9 Å². The van der Waals surface area contributed by atoms with E-state index in [1.165, 1.54) is 12.5 Å². The van der Waals surface area contributed by atoms with Gasteiger partial charge in [-0.05, 0) is 42.7 Å². The van der Waals surface area contributed by atoms with Crippen molar-refractivity contribution < 1.29 is 18.7 Å².